The van der Waals surface area contributed by atoms with E-state index in [0.29, 0.717) is 24.6 Å². The van der Waals surface area contributed by atoms with Crippen LogP contribution in [0.5, 0.6) is 0 Å². The van der Waals surface area contributed by atoms with E-state index in [1.165, 1.54) is 4.90 Å². The second kappa shape index (κ2) is 4.91. The minimum Gasteiger partial charge on any atom is -0.339 e. The van der Waals surface area contributed by atoms with Crippen molar-refractivity contribution in [2.45, 2.75) is 38.3 Å². The lowest BCUT2D eigenvalue weighted by atomic mass is 9.92. The first kappa shape index (κ1) is 13.9. The highest BCUT2D eigenvalue weighted by Crippen LogP contribution is 2.41. The number of carbonyl (C=O) groups is 2. The van der Waals surface area contributed by atoms with Crippen LogP contribution in [-0.2, 0) is 29.7 Å². The maximum Gasteiger partial charge on any atom is 0.325 e. The molecule has 1 atom stereocenters. The molecule has 1 N–H and O–H groups in total. The summed E-state index contributed by atoms with van der Waals surface area (Å²) in [5.41, 5.74) is 1.06. The van der Waals surface area contributed by atoms with Crippen LogP contribution in [0.1, 0.15) is 36.2 Å². The maximum absolute atomic E-state index is 12.9. The van der Waals surface area contributed by atoms with E-state index in [-0.39, 0.29) is 12.5 Å². The van der Waals surface area contributed by atoms with Crippen molar-refractivity contribution in [3.8, 4) is 0 Å². The van der Waals surface area contributed by atoms with Gasteiger partial charge in [0.2, 0.25) is 5.89 Å². The van der Waals surface area contributed by atoms with Crippen LogP contribution >= 0.6 is 0 Å². The van der Waals surface area contributed by atoms with Crippen molar-refractivity contribution in [1.82, 2.24) is 20.4 Å². The van der Waals surface area contributed by atoms with Crippen LogP contribution in [0, 0.1) is 0 Å². The second-order valence-electron chi connectivity index (χ2n) is 5.84. The third-order valence-corrected chi connectivity index (χ3v) is 4.53. The van der Waals surface area contributed by atoms with Crippen LogP contribution in [0.2, 0.25) is 0 Å². The Bertz CT molecular complexity index is 800. The fourth-order valence-corrected chi connectivity index (χ4v) is 3.37. The molecule has 0 bridgehead atoms. The molecular weight excluding hydrogens is 296 g/mol. The second-order valence-corrected chi connectivity index (χ2v) is 5.84. The highest BCUT2D eigenvalue weighted by atomic mass is 16.5. The van der Waals surface area contributed by atoms with Gasteiger partial charge in [0.15, 0.2) is 5.82 Å². The van der Waals surface area contributed by atoms with Crippen molar-refractivity contribution in [1.29, 1.82) is 0 Å². The number of fused-ring (bicyclic) bond motifs is 2. The number of nitrogens with one attached hydrogen (secondary N) is 1. The van der Waals surface area contributed by atoms with Crippen molar-refractivity contribution in [3.05, 3.63) is 47.1 Å². The molecule has 2 aliphatic rings. The molecule has 0 unspecified atom stereocenters. The molecule has 2 aromatic rings. The van der Waals surface area contributed by atoms with Gasteiger partial charge in [0.25, 0.3) is 5.91 Å². The van der Waals surface area contributed by atoms with Gasteiger partial charge in [-0.25, -0.2) is 4.79 Å². The summed E-state index contributed by atoms with van der Waals surface area (Å²) < 4.78 is 5.04. The smallest absolute Gasteiger partial charge is 0.325 e. The third kappa shape index (κ3) is 1.96. The Morgan fingerprint density at radius 3 is 2.96 bits per heavy atom. The van der Waals surface area contributed by atoms with Gasteiger partial charge < -0.3 is 9.84 Å². The molecule has 2 heterocycles. The summed E-state index contributed by atoms with van der Waals surface area (Å²) in [4.78, 5) is 30.6. The quantitative estimate of drug-likeness (QED) is 0.868. The van der Waals surface area contributed by atoms with Crippen molar-refractivity contribution >= 4 is 11.9 Å². The van der Waals surface area contributed by atoms with Crippen molar-refractivity contribution in [2.24, 2.45) is 0 Å². The van der Waals surface area contributed by atoms with Gasteiger partial charge in [-0.2, -0.15) is 4.98 Å². The van der Waals surface area contributed by atoms with Crippen molar-refractivity contribution in [2.75, 3.05) is 0 Å². The van der Waals surface area contributed by atoms with E-state index < -0.39 is 11.6 Å². The highest BCUT2D eigenvalue weighted by Gasteiger charge is 2.55. The molecule has 3 amide bonds. The minimum atomic E-state index is -0.939. The molecule has 1 aromatic heterocycles. The largest absolute Gasteiger partial charge is 0.339 e. The molecule has 0 radical (unpaired) electrons. The van der Waals surface area contributed by atoms with Gasteiger partial charge in [-0.15, -0.1) is 0 Å². The van der Waals surface area contributed by atoms with Crippen LogP contribution in [0.25, 0.3) is 0 Å². The average molecular weight is 312 g/mol. The van der Waals surface area contributed by atoms with Crippen LogP contribution in [0.4, 0.5) is 4.79 Å². The van der Waals surface area contributed by atoms with Gasteiger partial charge in [-0.3, -0.25) is 9.69 Å². The molecule has 1 saturated heterocycles. The third-order valence-electron chi connectivity index (χ3n) is 4.53. The lowest BCUT2D eigenvalue weighted by Gasteiger charge is -2.22. The van der Waals surface area contributed by atoms with Gasteiger partial charge in [0.05, 0.1) is 6.54 Å². The zero-order chi connectivity index (χ0) is 16.0. The summed E-state index contributed by atoms with van der Waals surface area (Å²) in [7, 11) is 0. The maximum atomic E-state index is 12.9. The normalized spacial score (nSPS) is 22.7. The number of aromatic nitrogens is 2. The highest BCUT2D eigenvalue weighted by molar-refractivity contribution is 6.07. The molecule has 23 heavy (non-hydrogen) atoms. The monoisotopic (exact) mass is 312 g/mol. The molecule has 7 nitrogen and oxygen atoms in total. The molecule has 1 aliphatic heterocycles. The fraction of sp³-hybridized carbons (Fsp3) is 0.375. The summed E-state index contributed by atoms with van der Waals surface area (Å²) in [6.07, 6.45) is 1.97. The predicted molar refractivity (Wildman–Crippen MR) is 79.2 cm³/mol. The van der Waals surface area contributed by atoms with E-state index in [2.05, 4.69) is 15.5 Å². The van der Waals surface area contributed by atoms with Gasteiger partial charge >= 0.3 is 6.03 Å². The summed E-state index contributed by atoms with van der Waals surface area (Å²) >= 11 is 0. The number of rotatable bonds is 3. The fourth-order valence-electron chi connectivity index (χ4n) is 3.37. The van der Waals surface area contributed by atoms with Crippen LogP contribution in [0.15, 0.2) is 28.8 Å². The Kier molecular flexibility index (Phi) is 2.97. The number of hydrogen-bond donors (Lipinski definition) is 1. The van der Waals surface area contributed by atoms with Crippen LogP contribution in [0.3, 0.4) is 0 Å². The van der Waals surface area contributed by atoms with E-state index >= 15 is 0 Å². The first-order valence-corrected chi connectivity index (χ1v) is 7.68. The molecule has 1 aromatic carbocycles. The summed E-state index contributed by atoms with van der Waals surface area (Å²) in [5.74, 6) is 0.594. The lowest BCUT2D eigenvalue weighted by molar-refractivity contribution is -0.132. The Labute approximate surface area is 132 Å². The number of amides is 3. The van der Waals surface area contributed by atoms with E-state index in [1.54, 1.807) is 0 Å². The Morgan fingerprint density at radius 2 is 2.17 bits per heavy atom. The van der Waals surface area contributed by atoms with E-state index in [9.17, 15) is 9.59 Å². The Balaban J connectivity index is 1.65. The van der Waals surface area contributed by atoms with E-state index in [0.717, 1.165) is 17.5 Å². The average Bonchev–Trinajstić information content (AvgIpc) is 3.23. The zero-order valence-electron chi connectivity index (χ0n) is 12.7. The summed E-state index contributed by atoms with van der Waals surface area (Å²) in [6.45, 7) is 1.92. The Morgan fingerprint density at radius 1 is 1.35 bits per heavy atom. The van der Waals surface area contributed by atoms with E-state index in [4.69, 9.17) is 4.52 Å². The standard InChI is InChI=1S/C16H16N4O3/c1-2-13-17-12(19-23-13)9-20-14(21)16(18-15(20)22)8-7-10-5-3-4-6-11(10)16/h3-6H,2,7-9H2,1H3,(H,18,22)/t16-/m0/s1. The molecule has 7 heteroatoms. The molecule has 118 valence electrons. The van der Waals surface area contributed by atoms with Crippen LogP contribution < -0.4 is 5.32 Å². The minimum absolute atomic E-state index is 0.0259. The van der Waals surface area contributed by atoms with Gasteiger partial charge in [0.1, 0.15) is 5.54 Å². The molecule has 4 rings (SSSR count). The summed E-state index contributed by atoms with van der Waals surface area (Å²) in [5, 5.41) is 6.70. The number of carbonyl (C=O) groups excluding carboxylic acids is 2. The van der Waals surface area contributed by atoms with Gasteiger partial charge in [0, 0.05) is 6.42 Å². The molecule has 0 saturated carbocycles. The number of aryl methyl sites for hydroxylation is 2. The number of nitrogens with zero attached hydrogens (tertiary/aromatic N) is 3. The number of hydrogen-bond acceptors (Lipinski definition) is 5. The number of urea groups is 1. The predicted octanol–water partition coefficient (Wildman–Crippen LogP) is 1.53. The first-order chi connectivity index (χ1) is 11.1. The zero-order valence-corrected chi connectivity index (χ0v) is 12.7. The lowest BCUT2D eigenvalue weighted by Crippen LogP contribution is -2.41. The molecule has 1 fully saturated rings. The molecule has 1 spiro atoms. The van der Waals surface area contributed by atoms with Gasteiger partial charge in [-0.1, -0.05) is 36.3 Å². The van der Waals surface area contributed by atoms with Crippen molar-refractivity contribution < 1.29 is 14.1 Å². The van der Waals surface area contributed by atoms with E-state index in [1.807, 2.05) is 31.2 Å². The van der Waals surface area contributed by atoms with Crippen LogP contribution in [-0.4, -0.2) is 27.0 Å². The number of benzene rings is 1. The first-order valence-electron chi connectivity index (χ1n) is 7.68. The SMILES string of the molecule is CCc1nc(CN2C(=O)N[C@]3(CCc4ccccc43)C2=O)no1. The van der Waals surface area contributed by atoms with Gasteiger partial charge in [-0.05, 0) is 24.0 Å². The summed E-state index contributed by atoms with van der Waals surface area (Å²) in [6, 6.07) is 7.34. The Hall–Kier alpha value is -2.70. The molecule has 1 aliphatic carbocycles. The topological polar surface area (TPSA) is 88.3 Å². The number of imide groups is 1. The molecular formula is C16H16N4O3. The van der Waals surface area contributed by atoms with Crippen molar-refractivity contribution in [3.63, 3.8) is 0 Å².